The van der Waals surface area contributed by atoms with E-state index in [9.17, 15) is 9.35 Å². The van der Waals surface area contributed by atoms with E-state index in [-0.39, 0.29) is 5.91 Å². The number of thiazole rings is 1. The summed E-state index contributed by atoms with van der Waals surface area (Å²) in [6, 6.07) is 0. The summed E-state index contributed by atoms with van der Waals surface area (Å²) in [5, 5.41) is 2.84. The van der Waals surface area contributed by atoms with E-state index < -0.39 is 11.2 Å². The van der Waals surface area contributed by atoms with Gasteiger partial charge in [-0.3, -0.25) is 4.79 Å². The van der Waals surface area contributed by atoms with E-state index in [1.165, 1.54) is 30.4 Å². The van der Waals surface area contributed by atoms with Crippen molar-refractivity contribution in [3.8, 4) is 0 Å². The Morgan fingerprint density at radius 2 is 2.20 bits per heavy atom. The molecule has 1 aromatic rings. The lowest BCUT2D eigenvalue weighted by Crippen LogP contribution is -2.23. The van der Waals surface area contributed by atoms with Gasteiger partial charge in [-0.15, -0.1) is 0 Å². The minimum atomic E-state index is -1.08. The summed E-state index contributed by atoms with van der Waals surface area (Å²) in [4.78, 5) is 16.4. The summed E-state index contributed by atoms with van der Waals surface area (Å²) in [6.45, 7) is 4.62. The molecule has 1 amide bonds. The molecule has 0 aliphatic rings. The molecule has 0 spiro atoms. The summed E-state index contributed by atoms with van der Waals surface area (Å²) in [5.41, 5.74) is 0. The Labute approximate surface area is 127 Å². The van der Waals surface area contributed by atoms with Crippen LogP contribution in [-0.2, 0) is 11.2 Å². The molecule has 4 nitrogen and oxygen atoms in total. The average Bonchev–Trinajstić information content (AvgIpc) is 2.95. The van der Waals surface area contributed by atoms with Crippen molar-refractivity contribution in [2.24, 2.45) is 0 Å². The van der Waals surface area contributed by atoms with E-state index >= 15 is 0 Å². The van der Waals surface area contributed by atoms with Crippen molar-refractivity contribution >= 4 is 28.4 Å². The fourth-order valence-electron chi connectivity index (χ4n) is 1.51. The molecule has 0 aliphatic carbocycles. The molecule has 0 fully saturated rings. The lowest BCUT2D eigenvalue weighted by Gasteiger charge is -2.01. The summed E-state index contributed by atoms with van der Waals surface area (Å²) in [5.74, 6) is 0.390. The number of hydrogen-bond acceptors (Lipinski definition) is 4. The van der Waals surface area contributed by atoms with Gasteiger partial charge in [0.15, 0.2) is 0 Å². The number of carbonyl (C=O) groups excluding carboxylic acids is 1. The normalized spacial score (nSPS) is 12.8. The van der Waals surface area contributed by atoms with Crippen LogP contribution in [-0.4, -0.2) is 27.7 Å². The molecule has 1 atom stereocenters. The fraction of sp³-hybridized carbons (Fsp3) is 0.571. The molecule has 1 unspecified atom stereocenters. The Kier molecular flexibility index (Phi) is 8.57. The molecule has 20 heavy (non-hydrogen) atoms. The number of nitrogens with one attached hydrogen (secondary N) is 1. The second kappa shape index (κ2) is 9.96. The minimum Gasteiger partial charge on any atom is -0.610 e. The Morgan fingerprint density at radius 1 is 1.45 bits per heavy atom. The number of nitrogens with zero attached hydrogens (tertiary/aromatic N) is 1. The van der Waals surface area contributed by atoms with Gasteiger partial charge in [-0.05, 0) is 19.8 Å². The van der Waals surface area contributed by atoms with Gasteiger partial charge in [0.2, 0.25) is 0 Å². The SMILES string of the molecule is CCCC/C=C/CCNC(=O)c1cnc([S+]([O-])CC)s1. The predicted molar refractivity (Wildman–Crippen MR) is 84.7 cm³/mol. The Morgan fingerprint density at radius 3 is 2.90 bits per heavy atom. The van der Waals surface area contributed by atoms with Gasteiger partial charge in [-0.25, -0.2) is 0 Å². The monoisotopic (exact) mass is 314 g/mol. The van der Waals surface area contributed by atoms with E-state index in [1.54, 1.807) is 0 Å². The third-order valence-electron chi connectivity index (χ3n) is 2.65. The maximum Gasteiger partial charge on any atom is 0.302 e. The highest BCUT2D eigenvalue weighted by molar-refractivity contribution is 7.93. The number of hydrogen-bond donors (Lipinski definition) is 1. The largest absolute Gasteiger partial charge is 0.610 e. The first-order valence-corrected chi connectivity index (χ1v) is 9.10. The van der Waals surface area contributed by atoms with Crippen LogP contribution in [0.1, 0.15) is 49.2 Å². The van der Waals surface area contributed by atoms with E-state index in [0.29, 0.717) is 21.5 Å². The highest BCUT2D eigenvalue weighted by Gasteiger charge is 2.17. The van der Waals surface area contributed by atoms with Gasteiger partial charge in [-0.1, -0.05) is 43.3 Å². The van der Waals surface area contributed by atoms with Crippen LogP contribution >= 0.6 is 11.3 Å². The van der Waals surface area contributed by atoms with Gasteiger partial charge in [0.05, 0.1) is 6.20 Å². The first kappa shape index (κ1) is 17.2. The van der Waals surface area contributed by atoms with Gasteiger partial charge in [-0.2, -0.15) is 4.98 Å². The summed E-state index contributed by atoms with van der Waals surface area (Å²) >= 11 is 0.125. The van der Waals surface area contributed by atoms with Gasteiger partial charge >= 0.3 is 4.34 Å². The van der Waals surface area contributed by atoms with Crippen LogP contribution < -0.4 is 5.32 Å². The van der Waals surface area contributed by atoms with Crippen molar-refractivity contribution in [3.05, 3.63) is 23.2 Å². The first-order chi connectivity index (χ1) is 9.69. The predicted octanol–water partition coefficient (Wildman–Crippen LogP) is 3.14. The second-order valence-electron chi connectivity index (χ2n) is 4.28. The summed E-state index contributed by atoms with van der Waals surface area (Å²) in [6.07, 6.45) is 10.1. The quantitative estimate of drug-likeness (QED) is 0.432. The smallest absolute Gasteiger partial charge is 0.302 e. The van der Waals surface area contributed by atoms with E-state index in [4.69, 9.17) is 0 Å². The Hall–Kier alpha value is -0.850. The molecule has 1 aromatic heterocycles. The zero-order valence-corrected chi connectivity index (χ0v) is 13.7. The van der Waals surface area contributed by atoms with Crippen LogP contribution in [0.5, 0.6) is 0 Å². The molecule has 1 N–H and O–H groups in total. The van der Waals surface area contributed by atoms with Crippen LogP contribution in [0, 0.1) is 0 Å². The maximum absolute atomic E-state index is 11.8. The van der Waals surface area contributed by atoms with Crippen molar-refractivity contribution in [2.45, 2.75) is 43.9 Å². The number of carbonyl (C=O) groups is 1. The van der Waals surface area contributed by atoms with Crippen molar-refractivity contribution in [3.63, 3.8) is 0 Å². The molecule has 0 aromatic carbocycles. The average molecular weight is 314 g/mol. The molecule has 0 aliphatic heterocycles. The standard InChI is InChI=1S/C14H22N2O2S2/c1-3-5-6-7-8-9-10-15-13(17)12-11-16-14(19-12)20(18)4-2/h7-8,11H,3-6,9-10H2,1-2H3,(H,15,17)/b8-7+. The second-order valence-corrected chi connectivity index (χ2v) is 7.23. The molecule has 0 radical (unpaired) electrons. The first-order valence-electron chi connectivity index (χ1n) is 6.96. The van der Waals surface area contributed by atoms with Crippen molar-refractivity contribution in [2.75, 3.05) is 12.3 Å². The Balaban J connectivity index is 2.29. The lowest BCUT2D eigenvalue weighted by molar-refractivity contribution is 0.0958. The molecule has 0 saturated heterocycles. The van der Waals surface area contributed by atoms with Gasteiger partial charge < -0.3 is 9.87 Å². The molecule has 0 bridgehead atoms. The third kappa shape index (κ3) is 6.07. The topological polar surface area (TPSA) is 65.0 Å². The number of amides is 1. The van der Waals surface area contributed by atoms with Crippen LogP contribution in [0.15, 0.2) is 22.7 Å². The van der Waals surface area contributed by atoms with Crippen molar-refractivity contribution < 1.29 is 9.35 Å². The molecular weight excluding hydrogens is 292 g/mol. The van der Waals surface area contributed by atoms with Gasteiger partial charge in [0.25, 0.3) is 5.91 Å². The Bertz CT molecular complexity index is 433. The lowest BCUT2D eigenvalue weighted by atomic mass is 10.2. The van der Waals surface area contributed by atoms with Crippen LogP contribution in [0.4, 0.5) is 0 Å². The van der Waals surface area contributed by atoms with Crippen LogP contribution in [0.3, 0.4) is 0 Å². The minimum absolute atomic E-state index is 0.135. The number of aromatic nitrogens is 1. The number of rotatable bonds is 9. The summed E-state index contributed by atoms with van der Waals surface area (Å²) < 4.78 is 12.1. The van der Waals surface area contributed by atoms with E-state index in [2.05, 4.69) is 29.4 Å². The van der Waals surface area contributed by atoms with Gasteiger partial charge in [0.1, 0.15) is 10.6 Å². The highest BCUT2D eigenvalue weighted by Crippen LogP contribution is 2.19. The summed E-state index contributed by atoms with van der Waals surface area (Å²) in [7, 11) is 0. The molecule has 0 saturated carbocycles. The highest BCUT2D eigenvalue weighted by atomic mass is 32.2. The van der Waals surface area contributed by atoms with Crippen LogP contribution in [0.25, 0.3) is 0 Å². The van der Waals surface area contributed by atoms with Gasteiger partial charge in [0, 0.05) is 17.7 Å². The third-order valence-corrected chi connectivity index (χ3v) is 5.27. The van der Waals surface area contributed by atoms with Crippen molar-refractivity contribution in [1.82, 2.24) is 10.3 Å². The number of allylic oxidation sites excluding steroid dienone is 1. The molecular formula is C14H22N2O2S2. The molecule has 6 heteroatoms. The van der Waals surface area contributed by atoms with Crippen molar-refractivity contribution in [1.29, 1.82) is 0 Å². The zero-order valence-electron chi connectivity index (χ0n) is 12.1. The molecule has 1 heterocycles. The van der Waals surface area contributed by atoms with E-state index in [0.717, 1.165) is 12.8 Å². The fourth-order valence-corrected chi connectivity index (χ4v) is 3.48. The maximum atomic E-state index is 11.8. The molecule has 112 valence electrons. The number of unbranched alkanes of at least 4 members (excludes halogenated alkanes) is 2. The van der Waals surface area contributed by atoms with E-state index in [1.807, 2.05) is 6.92 Å². The zero-order chi connectivity index (χ0) is 14.8. The molecule has 1 rings (SSSR count). The van der Waals surface area contributed by atoms with Crippen LogP contribution in [0.2, 0.25) is 0 Å².